The van der Waals surface area contributed by atoms with Gasteiger partial charge in [0.25, 0.3) is 0 Å². The van der Waals surface area contributed by atoms with Crippen LogP contribution in [0.2, 0.25) is 0 Å². The van der Waals surface area contributed by atoms with Gasteiger partial charge in [-0.3, -0.25) is 10.3 Å². The van der Waals surface area contributed by atoms with E-state index < -0.39 is 0 Å². The molecule has 3 aromatic rings. The van der Waals surface area contributed by atoms with Crippen molar-refractivity contribution in [3.63, 3.8) is 0 Å². The number of aromatic amines is 1. The highest BCUT2D eigenvalue weighted by Gasteiger charge is 2.10. The summed E-state index contributed by atoms with van der Waals surface area (Å²) in [5, 5.41) is 9.74. The molecule has 0 atom stereocenters. The Bertz CT molecular complexity index is 1160. The minimum absolute atomic E-state index is 0.337. The van der Waals surface area contributed by atoms with Crippen LogP contribution in [-0.2, 0) is 5.75 Å². The van der Waals surface area contributed by atoms with E-state index in [1.807, 2.05) is 39.0 Å². The van der Waals surface area contributed by atoms with Gasteiger partial charge in [-0.15, -0.1) is 0 Å². The lowest BCUT2D eigenvalue weighted by molar-refractivity contribution is 0.395. The van der Waals surface area contributed by atoms with Gasteiger partial charge < -0.3 is 25.1 Å². The molecular formula is C23H30N8O2S2. The number of aromatic nitrogens is 4. The lowest BCUT2D eigenvalue weighted by Crippen LogP contribution is -2.39. The van der Waals surface area contributed by atoms with Gasteiger partial charge in [-0.1, -0.05) is 0 Å². The molecule has 3 rings (SSSR count). The molecule has 1 aromatic carbocycles. The second kappa shape index (κ2) is 12.9. The molecule has 4 N–H and O–H groups in total. The number of aryl methyl sites for hydroxylation is 3. The number of imidazole rings is 1. The zero-order valence-corrected chi connectivity index (χ0v) is 22.1. The molecule has 35 heavy (non-hydrogen) atoms. The zero-order chi connectivity index (χ0) is 25.2. The van der Waals surface area contributed by atoms with Crippen molar-refractivity contribution in [1.29, 1.82) is 0 Å². The Morgan fingerprint density at radius 1 is 1.09 bits per heavy atom. The van der Waals surface area contributed by atoms with E-state index in [-0.39, 0.29) is 0 Å². The largest absolute Gasteiger partial charge is 0.497 e. The average molecular weight is 515 g/mol. The fraction of sp³-hybridized carbons (Fsp3) is 0.348. The zero-order valence-electron chi connectivity index (χ0n) is 20.4. The number of ether oxygens (including phenoxy) is 2. The van der Waals surface area contributed by atoms with Crippen molar-refractivity contribution in [3.05, 3.63) is 53.4 Å². The number of hydrogen-bond donors (Lipinski definition) is 4. The van der Waals surface area contributed by atoms with Crippen LogP contribution in [0.3, 0.4) is 0 Å². The Hall–Kier alpha value is -3.38. The highest BCUT2D eigenvalue weighted by Crippen LogP contribution is 2.28. The predicted octanol–water partition coefficient (Wildman–Crippen LogP) is 3.83. The molecule has 0 unspecified atom stereocenters. The van der Waals surface area contributed by atoms with Crippen molar-refractivity contribution in [2.24, 2.45) is 4.99 Å². The van der Waals surface area contributed by atoms with Crippen LogP contribution in [0, 0.1) is 20.8 Å². The number of rotatable bonds is 9. The van der Waals surface area contributed by atoms with Gasteiger partial charge in [0.05, 0.1) is 38.5 Å². The van der Waals surface area contributed by atoms with Crippen molar-refractivity contribution in [2.45, 2.75) is 26.5 Å². The fourth-order valence-electron chi connectivity index (χ4n) is 3.08. The van der Waals surface area contributed by atoms with Crippen LogP contribution in [0.1, 0.15) is 22.8 Å². The number of thiocarbonyl (C=S) groups is 1. The number of H-pyrrole nitrogens is 1. The molecule has 10 nitrogen and oxygen atoms in total. The Morgan fingerprint density at radius 2 is 1.86 bits per heavy atom. The summed E-state index contributed by atoms with van der Waals surface area (Å²) in [6, 6.07) is 7.34. The van der Waals surface area contributed by atoms with Crippen molar-refractivity contribution < 1.29 is 9.47 Å². The number of anilines is 2. The maximum absolute atomic E-state index is 5.53. The van der Waals surface area contributed by atoms with Crippen LogP contribution >= 0.6 is 24.0 Å². The minimum atomic E-state index is 0.337. The Kier molecular flexibility index (Phi) is 9.67. The highest BCUT2D eigenvalue weighted by atomic mass is 32.2. The summed E-state index contributed by atoms with van der Waals surface area (Å²) in [7, 11) is 3.19. The van der Waals surface area contributed by atoms with Gasteiger partial charge in [-0.05, 0) is 51.2 Å². The summed E-state index contributed by atoms with van der Waals surface area (Å²) >= 11 is 7.29. The molecular weight excluding hydrogens is 484 g/mol. The number of nitrogens with one attached hydrogen (secondary N) is 4. The van der Waals surface area contributed by atoms with Crippen molar-refractivity contribution in [2.75, 3.05) is 37.2 Å². The summed E-state index contributed by atoms with van der Waals surface area (Å²) in [5.41, 5.74) is 4.54. The van der Waals surface area contributed by atoms with Crippen LogP contribution in [-0.4, -0.2) is 57.5 Å². The summed E-state index contributed by atoms with van der Waals surface area (Å²) in [6.45, 7) is 6.41. The number of aliphatic imine (C=N–C) groups is 1. The smallest absolute Gasteiger partial charge is 0.229 e. The number of nitrogens with zero attached hydrogens (tertiary/aromatic N) is 4. The van der Waals surface area contributed by atoms with Crippen molar-refractivity contribution >= 4 is 46.7 Å². The van der Waals surface area contributed by atoms with Crippen LogP contribution in [0.5, 0.6) is 11.5 Å². The van der Waals surface area contributed by atoms with Gasteiger partial charge in [-0.2, -0.15) is 11.8 Å². The van der Waals surface area contributed by atoms with E-state index in [1.54, 1.807) is 38.4 Å². The van der Waals surface area contributed by atoms with Crippen LogP contribution in [0.25, 0.3) is 0 Å². The van der Waals surface area contributed by atoms with E-state index in [4.69, 9.17) is 21.7 Å². The lowest BCUT2D eigenvalue weighted by Gasteiger charge is -2.16. The second-order valence-corrected chi connectivity index (χ2v) is 9.02. The minimum Gasteiger partial charge on any atom is -0.497 e. The van der Waals surface area contributed by atoms with Crippen LogP contribution < -0.4 is 25.4 Å². The van der Waals surface area contributed by atoms with Crippen LogP contribution in [0.4, 0.5) is 11.6 Å². The number of benzene rings is 1. The summed E-state index contributed by atoms with van der Waals surface area (Å²) in [6.07, 6.45) is 1.71. The molecule has 0 saturated heterocycles. The molecule has 0 aliphatic carbocycles. The standard InChI is InChI=1S/C23H30N8O2S2/c1-14-10-15(2)28-22(27-14)30-21(24-8-9-35-12-19-16(3)25-13-26-19)31-23(34)29-18-7-6-17(32-4)11-20(18)33-5/h6-7,10-11,13H,8-9,12H2,1-5H3,(H,25,26)(H3,24,27,28,29,30,31,34). The first-order valence-electron chi connectivity index (χ1n) is 10.9. The van der Waals surface area contributed by atoms with Gasteiger partial charge >= 0.3 is 0 Å². The second-order valence-electron chi connectivity index (χ2n) is 7.50. The molecule has 0 fully saturated rings. The molecule has 12 heteroatoms. The molecule has 0 spiro atoms. The van der Waals surface area contributed by atoms with E-state index in [0.29, 0.717) is 40.8 Å². The average Bonchev–Trinajstić information content (AvgIpc) is 3.22. The van der Waals surface area contributed by atoms with Crippen molar-refractivity contribution in [1.82, 2.24) is 25.3 Å². The summed E-state index contributed by atoms with van der Waals surface area (Å²) < 4.78 is 10.7. The molecule has 2 aromatic heterocycles. The quantitative estimate of drug-likeness (QED) is 0.145. The van der Waals surface area contributed by atoms with E-state index in [2.05, 4.69) is 40.9 Å². The molecule has 0 aliphatic rings. The molecule has 0 bridgehead atoms. The number of thioether (sulfide) groups is 1. The third kappa shape index (κ3) is 8.11. The maximum atomic E-state index is 5.53. The summed E-state index contributed by atoms with van der Waals surface area (Å²) in [5.74, 6) is 3.79. The Morgan fingerprint density at radius 3 is 2.51 bits per heavy atom. The van der Waals surface area contributed by atoms with Gasteiger partial charge in [-0.25, -0.2) is 15.0 Å². The third-order valence-corrected chi connectivity index (χ3v) is 5.93. The van der Waals surface area contributed by atoms with Gasteiger partial charge in [0, 0.05) is 34.7 Å². The molecule has 2 heterocycles. The maximum Gasteiger partial charge on any atom is 0.229 e. The molecule has 0 saturated carbocycles. The fourth-order valence-corrected chi connectivity index (χ4v) is 4.14. The molecule has 186 valence electrons. The van der Waals surface area contributed by atoms with E-state index >= 15 is 0 Å². The lowest BCUT2D eigenvalue weighted by atomic mass is 10.2. The number of methoxy groups -OCH3 is 2. The predicted molar refractivity (Wildman–Crippen MR) is 146 cm³/mol. The first-order valence-corrected chi connectivity index (χ1v) is 12.4. The topological polar surface area (TPSA) is 121 Å². The van der Waals surface area contributed by atoms with E-state index in [9.17, 15) is 0 Å². The Balaban J connectivity index is 1.67. The van der Waals surface area contributed by atoms with Crippen molar-refractivity contribution in [3.8, 4) is 11.5 Å². The monoisotopic (exact) mass is 514 g/mol. The van der Waals surface area contributed by atoms with Gasteiger partial charge in [0.2, 0.25) is 11.9 Å². The first-order chi connectivity index (χ1) is 16.9. The molecule has 0 amide bonds. The number of hydrogen-bond acceptors (Lipinski definition) is 8. The Labute approximate surface area is 214 Å². The van der Waals surface area contributed by atoms with Crippen LogP contribution in [0.15, 0.2) is 35.6 Å². The number of guanidine groups is 1. The van der Waals surface area contributed by atoms with Gasteiger partial charge in [0.15, 0.2) is 5.11 Å². The molecule has 0 aliphatic heterocycles. The SMILES string of the molecule is COc1ccc(NC(=S)NC(=NCCSCc2nc[nH]c2C)Nc2nc(C)cc(C)n2)c(OC)c1. The first kappa shape index (κ1) is 26.2. The third-order valence-electron chi connectivity index (χ3n) is 4.78. The van der Waals surface area contributed by atoms with E-state index in [1.165, 1.54) is 0 Å². The van der Waals surface area contributed by atoms with E-state index in [0.717, 1.165) is 34.3 Å². The van der Waals surface area contributed by atoms with Gasteiger partial charge in [0.1, 0.15) is 11.5 Å². The highest BCUT2D eigenvalue weighted by molar-refractivity contribution is 7.98. The summed E-state index contributed by atoms with van der Waals surface area (Å²) in [4.78, 5) is 21.0. The normalized spacial score (nSPS) is 11.2. The molecule has 0 radical (unpaired) electrons.